The molecular formula is C19H24N6O2. The van der Waals surface area contributed by atoms with Gasteiger partial charge in [-0.1, -0.05) is 0 Å². The monoisotopic (exact) mass is 368 g/mol. The minimum atomic E-state index is -0.569. The van der Waals surface area contributed by atoms with Gasteiger partial charge in [-0.05, 0) is 39.0 Å². The zero-order valence-corrected chi connectivity index (χ0v) is 15.6. The summed E-state index contributed by atoms with van der Waals surface area (Å²) < 4.78 is 5.80. The largest absolute Gasteiger partial charge is 0.491 e. The molecule has 142 valence electrons. The molecule has 1 saturated heterocycles. The third-order valence-electron chi connectivity index (χ3n) is 4.97. The lowest BCUT2D eigenvalue weighted by Crippen LogP contribution is -2.40. The second-order valence-electron chi connectivity index (χ2n) is 7.25. The molecule has 3 heterocycles. The summed E-state index contributed by atoms with van der Waals surface area (Å²) >= 11 is 0. The molecule has 1 aromatic carbocycles. The van der Waals surface area contributed by atoms with Gasteiger partial charge in [0.15, 0.2) is 0 Å². The highest BCUT2D eigenvalue weighted by molar-refractivity contribution is 5.93. The van der Waals surface area contributed by atoms with Crippen molar-refractivity contribution >= 4 is 16.7 Å². The second kappa shape index (κ2) is 6.79. The number of β-amino-alcohol motifs (C(OH)–C–C–N with tert-alkyl or cyclic N) is 1. The number of rotatable bonds is 4. The number of nitrogens with one attached hydrogen (secondary N) is 1. The van der Waals surface area contributed by atoms with Crippen molar-refractivity contribution in [1.82, 2.24) is 20.2 Å². The molecule has 8 heteroatoms. The van der Waals surface area contributed by atoms with E-state index in [1.54, 1.807) is 0 Å². The van der Waals surface area contributed by atoms with Gasteiger partial charge in [-0.2, -0.15) is 5.10 Å². The van der Waals surface area contributed by atoms with Crippen molar-refractivity contribution in [1.29, 1.82) is 0 Å². The number of aromatic nitrogens is 4. The molecule has 0 amide bonds. The smallest absolute Gasteiger partial charge is 0.132 e. The van der Waals surface area contributed by atoms with E-state index in [1.807, 2.05) is 49.9 Å². The maximum atomic E-state index is 10.1. The van der Waals surface area contributed by atoms with Crippen LogP contribution in [0.1, 0.15) is 20.8 Å². The van der Waals surface area contributed by atoms with E-state index in [9.17, 15) is 5.11 Å². The lowest BCUT2D eigenvalue weighted by atomic mass is 10.1. The van der Waals surface area contributed by atoms with Gasteiger partial charge in [-0.15, -0.1) is 0 Å². The molecule has 1 aliphatic heterocycles. The van der Waals surface area contributed by atoms with Crippen molar-refractivity contribution in [3.8, 4) is 17.1 Å². The van der Waals surface area contributed by atoms with Gasteiger partial charge in [-0.25, -0.2) is 9.97 Å². The van der Waals surface area contributed by atoms with Gasteiger partial charge in [0.25, 0.3) is 0 Å². The zero-order valence-electron chi connectivity index (χ0n) is 15.6. The van der Waals surface area contributed by atoms with E-state index < -0.39 is 6.10 Å². The van der Waals surface area contributed by atoms with Crippen LogP contribution in [-0.2, 0) is 0 Å². The van der Waals surface area contributed by atoms with E-state index in [-0.39, 0.29) is 18.2 Å². The summed E-state index contributed by atoms with van der Waals surface area (Å²) in [6.07, 6.45) is 1.04. The number of aromatic amines is 1. The molecule has 1 fully saturated rings. The van der Waals surface area contributed by atoms with Crippen LogP contribution in [0.3, 0.4) is 0 Å². The maximum Gasteiger partial charge on any atom is 0.132 e. The minimum Gasteiger partial charge on any atom is -0.491 e. The highest BCUT2D eigenvalue weighted by atomic mass is 16.5. The number of fused-ring (bicyclic) bond motifs is 1. The molecule has 3 atom stereocenters. The average molecular weight is 368 g/mol. The second-order valence-corrected chi connectivity index (χ2v) is 7.25. The average Bonchev–Trinajstić information content (AvgIpc) is 3.17. The third-order valence-corrected chi connectivity index (χ3v) is 4.97. The molecular weight excluding hydrogens is 344 g/mol. The summed E-state index contributed by atoms with van der Waals surface area (Å²) in [7, 11) is 0. The molecule has 4 N–H and O–H groups in total. The Labute approximate surface area is 157 Å². The molecule has 0 spiro atoms. The van der Waals surface area contributed by atoms with Gasteiger partial charge in [0.1, 0.15) is 23.6 Å². The Kier molecular flexibility index (Phi) is 4.45. The number of hydrogen-bond donors (Lipinski definition) is 3. The van der Waals surface area contributed by atoms with Crippen molar-refractivity contribution in [3.63, 3.8) is 0 Å². The molecule has 0 saturated carbocycles. The Balaban J connectivity index is 1.72. The quantitative estimate of drug-likeness (QED) is 0.642. The van der Waals surface area contributed by atoms with E-state index >= 15 is 0 Å². The SMILES string of the molecule is CC(C)Oc1ccc2[nH]nc(-c3cc(N4C[C@H](O)[C@@H](N)[C@@H]4C)ncn3)c2c1. The van der Waals surface area contributed by atoms with Crippen molar-refractivity contribution < 1.29 is 9.84 Å². The molecule has 2 aromatic heterocycles. The predicted octanol–water partition coefficient (Wildman–Crippen LogP) is 1.70. The highest BCUT2D eigenvalue weighted by Crippen LogP contribution is 2.31. The fraction of sp³-hybridized carbons (Fsp3) is 0.421. The van der Waals surface area contributed by atoms with Crippen LogP contribution in [0, 0.1) is 0 Å². The number of aliphatic hydroxyl groups is 1. The van der Waals surface area contributed by atoms with Crippen LogP contribution in [-0.4, -0.2) is 56.1 Å². The van der Waals surface area contributed by atoms with Crippen molar-refractivity contribution in [2.45, 2.75) is 45.1 Å². The lowest BCUT2D eigenvalue weighted by molar-refractivity contribution is 0.175. The van der Waals surface area contributed by atoms with Crippen LogP contribution < -0.4 is 15.4 Å². The summed E-state index contributed by atoms with van der Waals surface area (Å²) in [6, 6.07) is 7.41. The van der Waals surface area contributed by atoms with E-state index in [0.717, 1.165) is 28.2 Å². The van der Waals surface area contributed by atoms with Gasteiger partial charge in [0.2, 0.25) is 0 Å². The summed E-state index contributed by atoms with van der Waals surface area (Å²) in [6.45, 7) is 6.43. The van der Waals surface area contributed by atoms with Crippen LogP contribution in [0.15, 0.2) is 30.6 Å². The summed E-state index contributed by atoms with van der Waals surface area (Å²) in [5.41, 5.74) is 8.40. The molecule has 8 nitrogen and oxygen atoms in total. The minimum absolute atomic E-state index is 0.00952. The van der Waals surface area contributed by atoms with Crippen LogP contribution >= 0.6 is 0 Å². The predicted molar refractivity (Wildman–Crippen MR) is 104 cm³/mol. The third kappa shape index (κ3) is 3.22. The van der Waals surface area contributed by atoms with E-state index in [1.165, 1.54) is 6.33 Å². The van der Waals surface area contributed by atoms with E-state index in [4.69, 9.17) is 10.5 Å². The number of aliphatic hydroxyl groups excluding tert-OH is 1. The first-order valence-corrected chi connectivity index (χ1v) is 9.11. The van der Waals surface area contributed by atoms with Gasteiger partial charge < -0.3 is 20.5 Å². The first-order valence-electron chi connectivity index (χ1n) is 9.11. The number of nitrogens with two attached hydrogens (primary N) is 1. The van der Waals surface area contributed by atoms with Crippen LogP contribution in [0.4, 0.5) is 5.82 Å². The summed E-state index contributed by atoms with van der Waals surface area (Å²) in [5, 5.41) is 18.5. The van der Waals surface area contributed by atoms with Gasteiger partial charge in [0.05, 0.1) is 29.5 Å². The number of anilines is 1. The number of nitrogens with zero attached hydrogens (tertiary/aromatic N) is 4. The van der Waals surface area contributed by atoms with Crippen molar-refractivity contribution in [3.05, 3.63) is 30.6 Å². The normalized spacial score (nSPS) is 22.7. The van der Waals surface area contributed by atoms with Gasteiger partial charge >= 0.3 is 0 Å². The standard InChI is InChI=1S/C19H24N6O2/c1-10(2)27-12-4-5-14-13(6-12)19(24-23-14)15-7-17(22-9-21-15)25-8-16(26)18(20)11(25)3/h4-7,9-11,16,18,26H,8,20H2,1-3H3,(H,23,24)/t11-,16-,18-/m0/s1. The van der Waals surface area contributed by atoms with Crippen LogP contribution in [0.5, 0.6) is 5.75 Å². The fourth-order valence-corrected chi connectivity index (χ4v) is 3.49. The first-order chi connectivity index (χ1) is 12.9. The molecule has 4 rings (SSSR count). The maximum absolute atomic E-state index is 10.1. The summed E-state index contributed by atoms with van der Waals surface area (Å²) in [4.78, 5) is 10.8. The molecule has 1 aliphatic rings. The van der Waals surface area contributed by atoms with Crippen molar-refractivity contribution in [2.24, 2.45) is 5.73 Å². The van der Waals surface area contributed by atoms with Crippen molar-refractivity contribution in [2.75, 3.05) is 11.4 Å². The van der Waals surface area contributed by atoms with Gasteiger partial charge in [0, 0.05) is 24.0 Å². The van der Waals surface area contributed by atoms with Gasteiger partial charge in [-0.3, -0.25) is 5.10 Å². The van der Waals surface area contributed by atoms with Crippen LogP contribution in [0.25, 0.3) is 22.3 Å². The zero-order chi connectivity index (χ0) is 19.1. The molecule has 0 unspecified atom stereocenters. The molecule has 27 heavy (non-hydrogen) atoms. The van der Waals surface area contributed by atoms with Crippen LogP contribution in [0.2, 0.25) is 0 Å². The molecule has 0 aliphatic carbocycles. The Morgan fingerprint density at radius 3 is 2.81 bits per heavy atom. The molecule has 3 aromatic rings. The number of benzene rings is 1. The fourth-order valence-electron chi connectivity index (χ4n) is 3.49. The Bertz CT molecular complexity index is 956. The Morgan fingerprint density at radius 1 is 1.30 bits per heavy atom. The Hall–Kier alpha value is -2.71. The summed E-state index contributed by atoms with van der Waals surface area (Å²) in [5.74, 6) is 1.52. The highest BCUT2D eigenvalue weighted by Gasteiger charge is 2.36. The van der Waals surface area contributed by atoms with E-state index in [2.05, 4.69) is 20.2 Å². The number of H-pyrrole nitrogens is 1. The molecule has 0 bridgehead atoms. The Morgan fingerprint density at radius 2 is 2.11 bits per heavy atom. The first kappa shape index (κ1) is 17.7. The van der Waals surface area contributed by atoms with E-state index in [0.29, 0.717) is 12.2 Å². The number of hydrogen-bond acceptors (Lipinski definition) is 7. The lowest BCUT2D eigenvalue weighted by Gasteiger charge is -2.23. The molecule has 0 radical (unpaired) electrons. The topological polar surface area (TPSA) is 113 Å². The number of ether oxygens (including phenoxy) is 1.